The molecule has 0 bridgehead atoms. The number of ether oxygens (including phenoxy) is 2. The van der Waals surface area contributed by atoms with Crippen molar-refractivity contribution in [3.05, 3.63) is 59.2 Å². The van der Waals surface area contributed by atoms with Crippen LogP contribution in [0.4, 0.5) is 22.0 Å². The van der Waals surface area contributed by atoms with Crippen molar-refractivity contribution >= 4 is 11.9 Å². The van der Waals surface area contributed by atoms with Gasteiger partial charge in [0.25, 0.3) is 0 Å². The summed E-state index contributed by atoms with van der Waals surface area (Å²) in [6.45, 7) is 2.30. The third-order valence-corrected chi connectivity index (χ3v) is 8.72. The van der Waals surface area contributed by atoms with E-state index in [0.29, 0.717) is 18.4 Å². The predicted molar refractivity (Wildman–Crippen MR) is 152 cm³/mol. The number of rotatable bonds is 9. The van der Waals surface area contributed by atoms with Gasteiger partial charge in [0.2, 0.25) is 5.91 Å². The number of likely N-dealkylation sites (tertiary alicyclic amines) is 1. The molecule has 242 valence electrons. The summed E-state index contributed by atoms with van der Waals surface area (Å²) in [7, 11) is 1.25. The molecule has 4 atom stereocenters. The third-order valence-electron chi connectivity index (χ3n) is 8.72. The highest BCUT2D eigenvalue weighted by atomic mass is 19.4. The molecule has 0 spiro atoms. The zero-order valence-electron chi connectivity index (χ0n) is 25.2. The summed E-state index contributed by atoms with van der Waals surface area (Å²) in [4.78, 5) is 28.7. The van der Waals surface area contributed by atoms with E-state index in [4.69, 9.17) is 9.47 Å². The van der Waals surface area contributed by atoms with Gasteiger partial charge < -0.3 is 24.8 Å². The Hall–Kier alpha value is -3.41. The predicted octanol–water partition coefficient (Wildman–Crippen LogP) is 7.05. The second kappa shape index (κ2) is 13.3. The fraction of sp³-hybridized carbons (Fsp3) is 0.562. The number of methoxy groups -OCH3 is 1. The lowest BCUT2D eigenvalue weighted by Crippen LogP contribution is -2.49. The highest BCUT2D eigenvalue weighted by Gasteiger charge is 2.59. The van der Waals surface area contributed by atoms with E-state index in [9.17, 15) is 36.6 Å². The molecule has 2 fully saturated rings. The Bertz CT molecular complexity index is 1320. The van der Waals surface area contributed by atoms with Crippen LogP contribution in [0.5, 0.6) is 11.5 Å². The van der Waals surface area contributed by atoms with Crippen molar-refractivity contribution in [1.82, 2.24) is 10.2 Å². The quantitative estimate of drug-likeness (QED) is 0.290. The molecule has 4 rings (SSSR count). The first-order chi connectivity index (χ1) is 20.6. The number of nitrogens with one attached hydrogen (secondary N) is 1. The normalized spacial score (nSPS) is 23.2. The number of carboxylic acid groups (broad SMARTS) is 1. The molecular formula is C32H39F5N2O5. The van der Waals surface area contributed by atoms with Gasteiger partial charge in [0.15, 0.2) is 0 Å². The third kappa shape index (κ3) is 7.11. The van der Waals surface area contributed by atoms with Crippen LogP contribution in [0.1, 0.15) is 75.6 Å². The lowest BCUT2D eigenvalue weighted by atomic mass is 9.72. The highest BCUT2D eigenvalue weighted by Crippen LogP contribution is 2.51. The molecule has 1 heterocycles. The van der Waals surface area contributed by atoms with Crippen LogP contribution in [0.15, 0.2) is 42.5 Å². The number of hydrogen-bond donors (Lipinski definition) is 2. The molecule has 1 amide bonds. The lowest BCUT2D eigenvalue weighted by molar-refractivity contribution is -0.154. The number of carbonyl (C=O) groups is 2. The van der Waals surface area contributed by atoms with E-state index >= 15 is 0 Å². The van der Waals surface area contributed by atoms with Crippen LogP contribution >= 0.6 is 0 Å². The minimum Gasteiger partial charge on any atom is -0.496 e. The van der Waals surface area contributed by atoms with Gasteiger partial charge in [0.1, 0.15) is 17.5 Å². The summed E-state index contributed by atoms with van der Waals surface area (Å²) in [5.41, 5.74) is -1.03. The van der Waals surface area contributed by atoms with Crippen LogP contribution in [0, 0.1) is 17.3 Å². The van der Waals surface area contributed by atoms with Crippen molar-refractivity contribution in [2.45, 2.75) is 90.3 Å². The van der Waals surface area contributed by atoms with Gasteiger partial charge >= 0.3 is 18.8 Å². The Morgan fingerprint density at radius 2 is 1.68 bits per heavy atom. The van der Waals surface area contributed by atoms with Gasteiger partial charge in [-0.25, -0.2) is 4.79 Å². The molecule has 12 heteroatoms. The first kappa shape index (κ1) is 33.5. The fourth-order valence-electron chi connectivity index (χ4n) is 6.84. The molecule has 2 aromatic carbocycles. The molecule has 2 N–H and O–H groups in total. The minimum absolute atomic E-state index is 0.0273. The van der Waals surface area contributed by atoms with Crippen molar-refractivity contribution in [1.29, 1.82) is 0 Å². The Labute approximate surface area is 253 Å². The average molecular weight is 627 g/mol. The van der Waals surface area contributed by atoms with Gasteiger partial charge in [0, 0.05) is 35.5 Å². The maximum atomic E-state index is 14.3. The highest BCUT2D eigenvalue weighted by molar-refractivity contribution is 5.87. The zero-order chi connectivity index (χ0) is 32.4. The molecule has 1 aliphatic heterocycles. The van der Waals surface area contributed by atoms with E-state index in [-0.39, 0.29) is 29.5 Å². The number of aliphatic carboxylic acids is 1. The summed E-state index contributed by atoms with van der Waals surface area (Å²) in [5.74, 6) is -2.97. The standard InChI is InChI=1S/C32H39F5N2O5/c1-31(2,3)24-25(38-17-19-14-15-20(32(35,36)37)16-23(19)43-4)26(21-12-8-9-13-22(21)44-30(33)34)39(27(24)29(41)42)28(40)18-10-6-5-7-11-18/h8-9,12-16,18,24-27,30,38H,5-7,10-11,17H2,1-4H3,(H,41,42)/t24-,25-,26-,27-/m0/s1. The summed E-state index contributed by atoms with van der Waals surface area (Å²) < 4.78 is 77.4. The van der Waals surface area contributed by atoms with Crippen molar-refractivity contribution in [2.75, 3.05) is 7.11 Å². The van der Waals surface area contributed by atoms with Crippen LogP contribution in [-0.4, -0.2) is 47.7 Å². The number of halogens is 5. The molecule has 0 radical (unpaired) electrons. The number of benzene rings is 2. The van der Waals surface area contributed by atoms with Gasteiger partial charge in [-0.05, 0) is 36.5 Å². The first-order valence-electron chi connectivity index (χ1n) is 14.7. The van der Waals surface area contributed by atoms with E-state index in [1.807, 2.05) is 20.8 Å². The van der Waals surface area contributed by atoms with Gasteiger partial charge in [0.05, 0.1) is 18.7 Å². The number of carboxylic acids is 1. The minimum atomic E-state index is -4.59. The summed E-state index contributed by atoms with van der Waals surface area (Å²) in [5, 5.41) is 14.0. The number of carbonyl (C=O) groups excluding carboxylic acids is 1. The van der Waals surface area contributed by atoms with Crippen molar-refractivity contribution in [3.63, 3.8) is 0 Å². The SMILES string of the molecule is COc1cc(C(F)(F)F)ccc1CN[C@H]1[C@H](C(C)(C)C)[C@@H](C(=O)O)N(C(=O)C2CCCCC2)[C@H]1c1ccccc1OC(F)F. The van der Waals surface area contributed by atoms with Crippen LogP contribution in [-0.2, 0) is 22.3 Å². The molecule has 44 heavy (non-hydrogen) atoms. The van der Waals surface area contributed by atoms with E-state index in [0.717, 1.165) is 31.4 Å². The number of amides is 1. The molecule has 0 unspecified atom stereocenters. The van der Waals surface area contributed by atoms with Crippen LogP contribution in [0.25, 0.3) is 0 Å². The Morgan fingerprint density at radius 1 is 1.02 bits per heavy atom. The van der Waals surface area contributed by atoms with Gasteiger partial charge in [-0.15, -0.1) is 0 Å². The van der Waals surface area contributed by atoms with Gasteiger partial charge in [-0.3, -0.25) is 4.79 Å². The summed E-state index contributed by atoms with van der Waals surface area (Å²) in [6, 6.07) is 5.92. The smallest absolute Gasteiger partial charge is 0.416 e. The Kier molecular flexibility index (Phi) is 10.1. The largest absolute Gasteiger partial charge is 0.496 e. The van der Waals surface area contributed by atoms with E-state index in [1.54, 1.807) is 12.1 Å². The molecule has 7 nitrogen and oxygen atoms in total. The molecule has 2 aromatic rings. The zero-order valence-corrected chi connectivity index (χ0v) is 25.2. The second-order valence-electron chi connectivity index (χ2n) is 12.5. The molecule has 1 saturated carbocycles. The Morgan fingerprint density at radius 3 is 2.25 bits per heavy atom. The maximum absolute atomic E-state index is 14.3. The average Bonchev–Trinajstić information content (AvgIpc) is 3.31. The second-order valence-corrected chi connectivity index (χ2v) is 12.5. The van der Waals surface area contributed by atoms with Gasteiger partial charge in [-0.1, -0.05) is 64.3 Å². The Balaban J connectivity index is 1.86. The molecule has 1 saturated heterocycles. The molecular weight excluding hydrogens is 587 g/mol. The first-order valence-corrected chi connectivity index (χ1v) is 14.7. The summed E-state index contributed by atoms with van der Waals surface area (Å²) in [6.07, 6.45) is -0.818. The van der Waals surface area contributed by atoms with Gasteiger partial charge in [-0.2, -0.15) is 22.0 Å². The van der Waals surface area contributed by atoms with Crippen molar-refractivity contribution < 1.29 is 46.1 Å². The van der Waals surface area contributed by atoms with Crippen LogP contribution in [0.2, 0.25) is 0 Å². The lowest BCUT2D eigenvalue weighted by Gasteiger charge is -2.36. The van der Waals surface area contributed by atoms with E-state index in [1.165, 1.54) is 30.2 Å². The molecule has 1 aliphatic carbocycles. The van der Waals surface area contributed by atoms with Crippen LogP contribution < -0.4 is 14.8 Å². The number of alkyl halides is 5. The molecule has 0 aromatic heterocycles. The fourth-order valence-corrected chi connectivity index (χ4v) is 6.84. The molecule has 2 aliphatic rings. The topological polar surface area (TPSA) is 88.1 Å². The number of para-hydroxylation sites is 1. The van der Waals surface area contributed by atoms with Crippen molar-refractivity contribution in [2.24, 2.45) is 17.3 Å². The summed E-state index contributed by atoms with van der Waals surface area (Å²) >= 11 is 0. The number of hydrogen-bond acceptors (Lipinski definition) is 5. The monoisotopic (exact) mass is 626 g/mol. The van der Waals surface area contributed by atoms with E-state index in [2.05, 4.69) is 5.32 Å². The maximum Gasteiger partial charge on any atom is 0.416 e. The van der Waals surface area contributed by atoms with Crippen LogP contribution in [0.3, 0.4) is 0 Å². The van der Waals surface area contributed by atoms with E-state index < -0.39 is 59.7 Å². The van der Waals surface area contributed by atoms with Crippen molar-refractivity contribution in [3.8, 4) is 11.5 Å². The number of nitrogens with zero attached hydrogens (tertiary/aromatic N) is 1.